The van der Waals surface area contributed by atoms with Crippen LogP contribution >= 0.6 is 0 Å². The molecule has 6 N–H and O–H groups in total. The van der Waals surface area contributed by atoms with Crippen molar-refractivity contribution in [1.82, 2.24) is 5.32 Å². The van der Waals surface area contributed by atoms with Crippen LogP contribution in [0.5, 0.6) is 0 Å². The fourth-order valence-corrected chi connectivity index (χ4v) is 10.4. The molecule has 1 aliphatic heterocycles. The smallest absolute Gasteiger partial charge is 0.220 e. The second kappa shape index (κ2) is 54.8. The first-order chi connectivity index (χ1) is 36.3. The molecule has 1 heterocycles. The number of aliphatic hydroxyl groups is 5. The van der Waals surface area contributed by atoms with Gasteiger partial charge in [-0.2, -0.15) is 0 Å². The van der Waals surface area contributed by atoms with Crippen LogP contribution < -0.4 is 5.32 Å². The van der Waals surface area contributed by atoms with Crippen molar-refractivity contribution in [3.05, 3.63) is 36.5 Å². The highest BCUT2D eigenvalue weighted by Gasteiger charge is 2.44. The van der Waals surface area contributed by atoms with Gasteiger partial charge in [-0.1, -0.05) is 294 Å². The van der Waals surface area contributed by atoms with Crippen LogP contribution in [0.2, 0.25) is 0 Å². The van der Waals surface area contributed by atoms with E-state index in [2.05, 4.69) is 43.5 Å². The number of allylic oxidation sites excluding steroid dienone is 5. The third kappa shape index (κ3) is 43.4. The van der Waals surface area contributed by atoms with Gasteiger partial charge in [0.05, 0.1) is 25.4 Å². The van der Waals surface area contributed by atoms with Crippen LogP contribution in [0.4, 0.5) is 0 Å². The minimum Gasteiger partial charge on any atom is -0.394 e. The van der Waals surface area contributed by atoms with Gasteiger partial charge < -0.3 is 40.3 Å². The molecule has 1 amide bonds. The molecule has 0 aromatic carbocycles. The Morgan fingerprint density at radius 3 is 1.16 bits per heavy atom. The molecule has 0 bridgehead atoms. The van der Waals surface area contributed by atoms with Gasteiger partial charge in [0, 0.05) is 6.42 Å². The standard InChI is InChI=1S/C65H123NO8/c1-3-5-7-9-11-13-15-17-19-21-22-23-24-25-26-27-28-29-30-31-32-33-34-35-36-37-38-39-41-43-45-47-49-51-53-55-61(69)66-58(57-73-65-64(72)63(71)62(70)60(56-67)74-65)59(68)54-52-50-48-46-44-42-40-20-18-16-14-12-10-8-6-4-2/h24-25,27-28,52,54,58-60,62-65,67-68,70-72H,3-23,26,29-51,53,55-57H2,1-2H3,(H,66,69)/b25-24-,28-27-,54-52+. The minimum atomic E-state index is -1.57. The number of nitrogens with one attached hydrogen (secondary N) is 1. The molecule has 1 fully saturated rings. The average Bonchev–Trinajstić information content (AvgIpc) is 3.40. The highest BCUT2D eigenvalue weighted by molar-refractivity contribution is 5.76. The lowest BCUT2D eigenvalue weighted by Crippen LogP contribution is -2.60. The summed E-state index contributed by atoms with van der Waals surface area (Å²) >= 11 is 0. The number of carbonyl (C=O) groups is 1. The Labute approximate surface area is 457 Å². The zero-order valence-corrected chi connectivity index (χ0v) is 48.6. The predicted molar refractivity (Wildman–Crippen MR) is 313 cm³/mol. The van der Waals surface area contributed by atoms with Crippen LogP contribution in [-0.4, -0.2) is 87.5 Å². The normalized spacial score (nSPS) is 19.1. The summed E-state index contributed by atoms with van der Waals surface area (Å²) in [6.07, 6.45) is 65.3. The number of hydrogen-bond acceptors (Lipinski definition) is 8. The van der Waals surface area contributed by atoms with Crippen LogP contribution in [0.3, 0.4) is 0 Å². The van der Waals surface area contributed by atoms with Crippen molar-refractivity contribution in [1.29, 1.82) is 0 Å². The Balaban J connectivity index is 2.10. The molecule has 0 spiro atoms. The number of rotatable bonds is 56. The van der Waals surface area contributed by atoms with Gasteiger partial charge in [-0.05, 0) is 51.4 Å². The van der Waals surface area contributed by atoms with E-state index < -0.39 is 49.5 Å². The van der Waals surface area contributed by atoms with Gasteiger partial charge >= 0.3 is 0 Å². The number of carbonyl (C=O) groups excluding carboxylic acids is 1. The molecule has 0 saturated carbocycles. The van der Waals surface area contributed by atoms with Gasteiger partial charge in [0.15, 0.2) is 6.29 Å². The zero-order chi connectivity index (χ0) is 53.6. The van der Waals surface area contributed by atoms with Crippen molar-refractivity contribution in [3.63, 3.8) is 0 Å². The summed E-state index contributed by atoms with van der Waals surface area (Å²) < 4.78 is 11.3. The molecule has 0 aliphatic carbocycles. The highest BCUT2D eigenvalue weighted by atomic mass is 16.7. The SMILES string of the molecule is CCCCCCCCCCCCC/C=C\C/C=C\CCCCCCCCCCCCCCCCCCCC(=O)NC(COC1OC(CO)C(O)C(O)C1O)C(O)/C=C/CCCCCCCCCCCCCCCC. The third-order valence-electron chi connectivity index (χ3n) is 15.5. The van der Waals surface area contributed by atoms with E-state index >= 15 is 0 Å². The number of amides is 1. The Morgan fingerprint density at radius 2 is 0.797 bits per heavy atom. The van der Waals surface area contributed by atoms with Crippen molar-refractivity contribution in [2.24, 2.45) is 0 Å². The average molecular weight is 1050 g/mol. The van der Waals surface area contributed by atoms with E-state index in [-0.39, 0.29) is 12.5 Å². The molecule has 1 aliphatic rings. The van der Waals surface area contributed by atoms with E-state index in [0.29, 0.717) is 6.42 Å². The summed E-state index contributed by atoms with van der Waals surface area (Å²) in [7, 11) is 0. The molecule has 9 nitrogen and oxygen atoms in total. The molecule has 1 rings (SSSR count). The van der Waals surface area contributed by atoms with Crippen LogP contribution in [0.15, 0.2) is 36.5 Å². The van der Waals surface area contributed by atoms with Crippen molar-refractivity contribution in [3.8, 4) is 0 Å². The lowest BCUT2D eigenvalue weighted by atomic mass is 9.99. The summed E-state index contributed by atoms with van der Waals surface area (Å²) in [5.74, 6) is -0.172. The molecular weight excluding hydrogens is 923 g/mol. The Kier molecular flexibility index (Phi) is 52.1. The van der Waals surface area contributed by atoms with Crippen LogP contribution in [0.25, 0.3) is 0 Å². The number of unbranched alkanes of at least 4 members (excludes halogenated alkanes) is 42. The van der Waals surface area contributed by atoms with Gasteiger partial charge in [0.2, 0.25) is 5.91 Å². The maximum absolute atomic E-state index is 13.1. The highest BCUT2D eigenvalue weighted by Crippen LogP contribution is 2.23. The van der Waals surface area contributed by atoms with E-state index in [4.69, 9.17) is 9.47 Å². The quantitative estimate of drug-likeness (QED) is 0.0261. The lowest BCUT2D eigenvalue weighted by molar-refractivity contribution is -0.302. The molecule has 9 heteroatoms. The third-order valence-corrected chi connectivity index (χ3v) is 15.5. The molecule has 1 saturated heterocycles. The molecule has 436 valence electrons. The number of aliphatic hydroxyl groups excluding tert-OH is 5. The van der Waals surface area contributed by atoms with Crippen molar-refractivity contribution in [2.75, 3.05) is 13.2 Å². The van der Waals surface area contributed by atoms with Gasteiger partial charge in [-0.25, -0.2) is 0 Å². The van der Waals surface area contributed by atoms with Crippen LogP contribution in [0.1, 0.15) is 316 Å². The van der Waals surface area contributed by atoms with E-state index in [0.717, 1.165) is 44.9 Å². The molecule has 0 radical (unpaired) electrons. The number of hydrogen-bond donors (Lipinski definition) is 6. The van der Waals surface area contributed by atoms with Crippen LogP contribution in [-0.2, 0) is 14.3 Å². The fourth-order valence-electron chi connectivity index (χ4n) is 10.4. The molecule has 7 unspecified atom stereocenters. The second-order valence-corrected chi connectivity index (χ2v) is 22.6. The minimum absolute atomic E-state index is 0.172. The molecule has 7 atom stereocenters. The summed E-state index contributed by atoms with van der Waals surface area (Å²) in [4.78, 5) is 13.1. The molecule has 0 aromatic rings. The van der Waals surface area contributed by atoms with E-state index in [1.54, 1.807) is 6.08 Å². The molecule has 74 heavy (non-hydrogen) atoms. The summed E-state index contributed by atoms with van der Waals surface area (Å²) in [6.45, 7) is 3.81. The van der Waals surface area contributed by atoms with E-state index in [1.165, 1.54) is 250 Å². The topological polar surface area (TPSA) is 149 Å². The first-order valence-electron chi connectivity index (χ1n) is 32.2. The monoisotopic (exact) mass is 1050 g/mol. The first kappa shape index (κ1) is 70.4. The van der Waals surface area contributed by atoms with Crippen molar-refractivity contribution in [2.45, 2.75) is 358 Å². The van der Waals surface area contributed by atoms with E-state index in [9.17, 15) is 30.3 Å². The molecular formula is C65H123NO8. The lowest BCUT2D eigenvalue weighted by Gasteiger charge is -2.40. The largest absolute Gasteiger partial charge is 0.394 e. The van der Waals surface area contributed by atoms with Crippen molar-refractivity contribution >= 4 is 5.91 Å². The van der Waals surface area contributed by atoms with Gasteiger partial charge in [0.1, 0.15) is 24.4 Å². The number of ether oxygens (including phenoxy) is 2. The first-order valence-corrected chi connectivity index (χ1v) is 32.2. The van der Waals surface area contributed by atoms with E-state index in [1.807, 2.05) is 6.08 Å². The summed E-state index contributed by atoms with van der Waals surface area (Å²) in [5.41, 5.74) is 0. The Morgan fingerprint density at radius 1 is 0.459 bits per heavy atom. The predicted octanol–water partition coefficient (Wildman–Crippen LogP) is 16.7. The summed E-state index contributed by atoms with van der Waals surface area (Å²) in [5, 5.41) is 54.6. The molecule has 0 aromatic heterocycles. The van der Waals surface area contributed by atoms with Gasteiger partial charge in [0.25, 0.3) is 0 Å². The second-order valence-electron chi connectivity index (χ2n) is 22.6. The maximum Gasteiger partial charge on any atom is 0.220 e. The van der Waals surface area contributed by atoms with Gasteiger partial charge in [-0.15, -0.1) is 0 Å². The summed E-state index contributed by atoms with van der Waals surface area (Å²) in [6, 6.07) is -0.804. The van der Waals surface area contributed by atoms with Crippen LogP contribution in [0, 0.1) is 0 Å². The Bertz CT molecular complexity index is 1260. The van der Waals surface area contributed by atoms with Gasteiger partial charge in [-0.3, -0.25) is 4.79 Å². The maximum atomic E-state index is 13.1. The fraction of sp³-hybridized carbons (Fsp3) is 0.892. The Hall–Kier alpha value is -1.59. The van der Waals surface area contributed by atoms with Crippen molar-refractivity contribution < 1.29 is 39.8 Å². The zero-order valence-electron chi connectivity index (χ0n) is 48.6.